The Kier molecular flexibility index (Phi) is 62.3. The molecule has 6 nitrogen and oxygen atoms in total. The fourth-order valence-corrected chi connectivity index (χ4v) is 9.10. The monoisotopic (exact) mass is 1080 g/mol. The van der Waals surface area contributed by atoms with E-state index in [1.165, 1.54) is 161 Å². The largest absolute Gasteiger partial charge is 0.462 e. The zero-order valence-corrected chi connectivity index (χ0v) is 51.2. The van der Waals surface area contributed by atoms with Gasteiger partial charge in [0.25, 0.3) is 0 Å². The van der Waals surface area contributed by atoms with Crippen molar-refractivity contribution in [2.45, 2.75) is 316 Å². The number of hydrogen-bond acceptors (Lipinski definition) is 6. The van der Waals surface area contributed by atoms with Crippen molar-refractivity contribution in [2.75, 3.05) is 13.2 Å². The summed E-state index contributed by atoms with van der Waals surface area (Å²) in [6.45, 7) is 6.50. The van der Waals surface area contributed by atoms with Gasteiger partial charge in [-0.3, -0.25) is 14.4 Å². The van der Waals surface area contributed by atoms with Crippen molar-refractivity contribution in [3.05, 3.63) is 109 Å². The number of ether oxygens (including phenoxy) is 3. The number of allylic oxidation sites excluding steroid dienone is 18. The molecule has 0 N–H and O–H groups in total. The van der Waals surface area contributed by atoms with Gasteiger partial charge in [-0.05, 0) is 109 Å². The highest BCUT2D eigenvalue weighted by atomic mass is 16.6. The van der Waals surface area contributed by atoms with Gasteiger partial charge in [-0.15, -0.1) is 0 Å². The minimum atomic E-state index is -0.805. The number of hydrogen-bond donors (Lipinski definition) is 0. The summed E-state index contributed by atoms with van der Waals surface area (Å²) in [5, 5.41) is 0. The molecule has 0 aromatic rings. The van der Waals surface area contributed by atoms with Gasteiger partial charge in [0.15, 0.2) is 6.10 Å². The van der Waals surface area contributed by atoms with E-state index in [9.17, 15) is 14.4 Å². The van der Waals surface area contributed by atoms with Crippen molar-refractivity contribution in [3.63, 3.8) is 0 Å². The molecule has 0 saturated carbocycles. The summed E-state index contributed by atoms with van der Waals surface area (Å²) >= 11 is 0. The molecule has 6 heteroatoms. The zero-order chi connectivity index (χ0) is 56.4. The third kappa shape index (κ3) is 62.9. The van der Waals surface area contributed by atoms with Crippen LogP contribution in [0.5, 0.6) is 0 Å². The quantitative estimate of drug-likeness (QED) is 0.0261. The van der Waals surface area contributed by atoms with Crippen LogP contribution in [-0.4, -0.2) is 37.2 Å². The molecule has 0 aromatic carbocycles. The van der Waals surface area contributed by atoms with E-state index in [2.05, 4.69) is 130 Å². The molecule has 446 valence electrons. The Hall–Kier alpha value is -3.93. The fourth-order valence-electron chi connectivity index (χ4n) is 9.10. The minimum Gasteiger partial charge on any atom is -0.462 e. The summed E-state index contributed by atoms with van der Waals surface area (Å²) in [7, 11) is 0. The SMILES string of the molecule is CC/C=C\C/C=C\C/C=C\C/C=C\C/C=C\C/C=C\CCCCC(=O)OC(COC(=O)CCCCCCCCCCCC/C=C\C/C=C\C/C=C\CCCCCCC)COC(=O)CCCCCCCCCCCCCCCC. The molecule has 0 fully saturated rings. The van der Waals surface area contributed by atoms with Crippen LogP contribution >= 0.6 is 0 Å². The van der Waals surface area contributed by atoms with Gasteiger partial charge in [0.1, 0.15) is 13.2 Å². The molecule has 0 bridgehead atoms. The maximum absolute atomic E-state index is 12.9. The number of unbranched alkanes of at least 4 members (excludes halogenated alkanes) is 30. The van der Waals surface area contributed by atoms with Gasteiger partial charge < -0.3 is 14.2 Å². The summed E-state index contributed by atoms with van der Waals surface area (Å²) in [6.07, 6.45) is 89.5. The molecule has 0 aliphatic carbocycles. The summed E-state index contributed by atoms with van der Waals surface area (Å²) in [6, 6.07) is 0. The Morgan fingerprint density at radius 1 is 0.269 bits per heavy atom. The Morgan fingerprint density at radius 3 is 0.808 bits per heavy atom. The molecule has 1 unspecified atom stereocenters. The van der Waals surface area contributed by atoms with Gasteiger partial charge in [0.05, 0.1) is 0 Å². The lowest BCUT2D eigenvalue weighted by atomic mass is 10.0. The summed E-state index contributed by atoms with van der Waals surface area (Å²) in [5.41, 5.74) is 0. The van der Waals surface area contributed by atoms with E-state index in [1.807, 2.05) is 0 Å². The van der Waals surface area contributed by atoms with Crippen LogP contribution in [0.25, 0.3) is 0 Å². The lowest BCUT2D eigenvalue weighted by Gasteiger charge is -2.18. The first-order chi connectivity index (χ1) is 38.5. The van der Waals surface area contributed by atoms with Crippen molar-refractivity contribution in [1.29, 1.82) is 0 Å². The van der Waals surface area contributed by atoms with E-state index in [0.29, 0.717) is 19.3 Å². The highest BCUT2D eigenvalue weighted by Crippen LogP contribution is 2.16. The van der Waals surface area contributed by atoms with E-state index in [1.54, 1.807) is 0 Å². The van der Waals surface area contributed by atoms with Crippen LogP contribution in [-0.2, 0) is 28.6 Å². The Labute approximate surface area is 482 Å². The molecule has 0 aliphatic rings. The van der Waals surface area contributed by atoms with Gasteiger partial charge in [-0.25, -0.2) is 0 Å². The number of esters is 3. The third-order valence-corrected chi connectivity index (χ3v) is 14.0. The maximum atomic E-state index is 12.9. The number of carbonyl (C=O) groups excluding carboxylic acids is 3. The first kappa shape index (κ1) is 74.1. The highest BCUT2D eigenvalue weighted by Gasteiger charge is 2.19. The molecule has 0 aliphatic heterocycles. The van der Waals surface area contributed by atoms with E-state index >= 15 is 0 Å². The van der Waals surface area contributed by atoms with Crippen molar-refractivity contribution in [3.8, 4) is 0 Å². The van der Waals surface area contributed by atoms with E-state index in [-0.39, 0.29) is 37.5 Å². The van der Waals surface area contributed by atoms with Gasteiger partial charge in [-0.1, -0.05) is 291 Å². The van der Waals surface area contributed by atoms with E-state index in [4.69, 9.17) is 14.2 Å². The molecule has 0 spiro atoms. The molecular formula is C72H122O6. The minimum absolute atomic E-state index is 0.0955. The van der Waals surface area contributed by atoms with Crippen LogP contribution in [0.15, 0.2) is 109 Å². The summed E-state index contributed by atoms with van der Waals surface area (Å²) < 4.78 is 16.9. The third-order valence-electron chi connectivity index (χ3n) is 14.0. The predicted octanol–water partition coefficient (Wildman–Crippen LogP) is 22.6. The molecule has 0 amide bonds. The molecule has 0 heterocycles. The topological polar surface area (TPSA) is 78.9 Å². The lowest BCUT2D eigenvalue weighted by molar-refractivity contribution is -0.167. The average Bonchev–Trinajstić information content (AvgIpc) is 3.44. The zero-order valence-electron chi connectivity index (χ0n) is 51.2. The van der Waals surface area contributed by atoms with Crippen LogP contribution in [0.2, 0.25) is 0 Å². The number of rotatable bonds is 59. The Balaban J connectivity index is 4.41. The van der Waals surface area contributed by atoms with Gasteiger partial charge in [0, 0.05) is 19.3 Å². The van der Waals surface area contributed by atoms with Crippen LogP contribution in [0, 0.1) is 0 Å². The van der Waals surface area contributed by atoms with Gasteiger partial charge in [-0.2, -0.15) is 0 Å². The standard InChI is InChI=1S/C72H122O6/c1-4-7-10-13-16-19-22-25-28-30-32-34-35-36-37-39-40-42-44-47-50-53-56-59-62-65-71(74)77-68-69(67-76-70(73)64-61-58-55-52-49-46-27-24-21-18-15-12-9-6-3)78-72(75)66-63-60-57-54-51-48-45-43-41-38-33-31-29-26-23-20-17-14-11-8-5-2/h8,11,17,20,22,25-26,29-30,32-33,35-36,38,43,45,51,54,69H,4-7,9-10,12-16,18-19,21,23-24,27-28,31,34,37,39-42,44,46-50,52-53,55-68H2,1-3H3/b11-8-,20-17-,25-22-,29-26-,32-30-,36-35-,38-33-,45-43-,54-51-. The van der Waals surface area contributed by atoms with Crippen molar-refractivity contribution >= 4 is 17.9 Å². The number of carbonyl (C=O) groups is 3. The average molecular weight is 1080 g/mol. The molecule has 1 atom stereocenters. The molecule has 0 aromatic heterocycles. The highest BCUT2D eigenvalue weighted by molar-refractivity contribution is 5.71. The van der Waals surface area contributed by atoms with Crippen LogP contribution in [0.4, 0.5) is 0 Å². The van der Waals surface area contributed by atoms with Gasteiger partial charge in [0.2, 0.25) is 0 Å². The smallest absolute Gasteiger partial charge is 0.306 e. The first-order valence-electron chi connectivity index (χ1n) is 32.9. The van der Waals surface area contributed by atoms with Gasteiger partial charge >= 0.3 is 17.9 Å². The van der Waals surface area contributed by atoms with Crippen LogP contribution in [0.3, 0.4) is 0 Å². The Morgan fingerprint density at radius 2 is 0.500 bits per heavy atom. The maximum Gasteiger partial charge on any atom is 0.306 e. The second-order valence-electron chi connectivity index (χ2n) is 21.6. The van der Waals surface area contributed by atoms with Crippen LogP contribution in [0.1, 0.15) is 310 Å². The van der Waals surface area contributed by atoms with Crippen molar-refractivity contribution < 1.29 is 28.6 Å². The summed E-state index contributed by atoms with van der Waals surface area (Å²) in [4.78, 5) is 38.3. The predicted molar refractivity (Wildman–Crippen MR) is 339 cm³/mol. The molecule has 0 radical (unpaired) electrons. The normalized spacial score (nSPS) is 12.8. The molecule has 0 rings (SSSR count). The molecule has 0 saturated heterocycles. The van der Waals surface area contributed by atoms with E-state index < -0.39 is 6.10 Å². The molecular weight excluding hydrogens is 961 g/mol. The fraction of sp³-hybridized carbons (Fsp3) is 0.708. The second kappa shape index (κ2) is 65.6. The second-order valence-corrected chi connectivity index (χ2v) is 21.6. The van der Waals surface area contributed by atoms with E-state index in [0.717, 1.165) is 103 Å². The molecule has 78 heavy (non-hydrogen) atoms. The first-order valence-corrected chi connectivity index (χ1v) is 32.9. The van der Waals surface area contributed by atoms with Crippen molar-refractivity contribution in [2.24, 2.45) is 0 Å². The van der Waals surface area contributed by atoms with Crippen LogP contribution < -0.4 is 0 Å². The lowest BCUT2D eigenvalue weighted by Crippen LogP contribution is -2.30. The van der Waals surface area contributed by atoms with Crippen molar-refractivity contribution in [1.82, 2.24) is 0 Å². The Bertz CT molecular complexity index is 1570. The summed E-state index contributed by atoms with van der Waals surface area (Å²) in [5.74, 6) is -0.934.